The highest BCUT2D eigenvalue weighted by atomic mass is 79.9. The van der Waals surface area contributed by atoms with E-state index >= 15 is 0 Å². The van der Waals surface area contributed by atoms with Gasteiger partial charge in [-0.05, 0) is 26.3 Å². The first-order valence-corrected chi connectivity index (χ1v) is 5.19. The van der Waals surface area contributed by atoms with Gasteiger partial charge in [0.2, 0.25) is 0 Å². The lowest BCUT2D eigenvalue weighted by atomic mass is 9.95. The molecule has 0 atom stereocenters. The minimum Gasteiger partial charge on any atom is -0.504 e. The van der Waals surface area contributed by atoms with Gasteiger partial charge in [0, 0.05) is 15.6 Å². The molecule has 0 aliphatic rings. The molecule has 0 fully saturated rings. The van der Waals surface area contributed by atoms with Crippen LogP contribution in [0.2, 0.25) is 0 Å². The maximum absolute atomic E-state index is 13.0. The monoisotopic (exact) mass is 277 g/mol. The van der Waals surface area contributed by atoms with Crippen molar-refractivity contribution in [3.8, 4) is 11.5 Å². The van der Waals surface area contributed by atoms with E-state index in [-0.39, 0.29) is 0 Å². The van der Waals surface area contributed by atoms with Crippen LogP contribution in [0.3, 0.4) is 0 Å². The smallest absolute Gasteiger partial charge is 0.194 e. The highest BCUT2D eigenvalue weighted by Gasteiger charge is 2.21. The molecule has 1 rings (SSSR count). The van der Waals surface area contributed by atoms with Crippen molar-refractivity contribution in [1.82, 2.24) is 0 Å². The lowest BCUT2D eigenvalue weighted by Crippen LogP contribution is -2.34. The second kappa shape index (κ2) is 3.98. The van der Waals surface area contributed by atoms with Gasteiger partial charge in [0.1, 0.15) is 0 Å². The molecule has 3 nitrogen and oxygen atoms in total. The van der Waals surface area contributed by atoms with Crippen molar-refractivity contribution in [3.05, 3.63) is 21.9 Å². The van der Waals surface area contributed by atoms with Crippen molar-refractivity contribution in [2.45, 2.75) is 25.8 Å². The summed E-state index contributed by atoms with van der Waals surface area (Å²) in [6.07, 6.45) is 0.327. The molecule has 4 N–H and O–H groups in total. The second-order valence-electron chi connectivity index (χ2n) is 4.18. The average Bonchev–Trinajstić information content (AvgIpc) is 2.07. The third-order valence-corrected chi connectivity index (χ3v) is 2.62. The van der Waals surface area contributed by atoms with E-state index in [1.54, 1.807) is 13.8 Å². The highest BCUT2D eigenvalue weighted by Crippen LogP contribution is 2.38. The summed E-state index contributed by atoms with van der Waals surface area (Å²) in [4.78, 5) is 0. The number of phenols is 2. The Bertz CT molecular complexity index is 388. The summed E-state index contributed by atoms with van der Waals surface area (Å²) in [6.45, 7) is 3.55. The molecule has 0 aromatic heterocycles. The summed E-state index contributed by atoms with van der Waals surface area (Å²) >= 11 is 3.12. The summed E-state index contributed by atoms with van der Waals surface area (Å²) in [6, 6.07) is 1.11. The molecule has 0 saturated carbocycles. The van der Waals surface area contributed by atoms with E-state index in [4.69, 9.17) is 5.73 Å². The first-order valence-electron chi connectivity index (χ1n) is 4.40. The van der Waals surface area contributed by atoms with Gasteiger partial charge >= 0.3 is 0 Å². The molecule has 0 aliphatic heterocycles. The number of nitrogens with two attached hydrogens (primary N) is 1. The molecule has 1 aromatic carbocycles. The number of halogens is 2. The van der Waals surface area contributed by atoms with E-state index in [0.717, 1.165) is 6.07 Å². The van der Waals surface area contributed by atoms with Crippen molar-refractivity contribution < 1.29 is 14.6 Å². The van der Waals surface area contributed by atoms with Crippen LogP contribution in [0.4, 0.5) is 4.39 Å². The summed E-state index contributed by atoms with van der Waals surface area (Å²) in [5.41, 5.74) is 5.64. The van der Waals surface area contributed by atoms with Gasteiger partial charge in [-0.2, -0.15) is 0 Å². The van der Waals surface area contributed by atoms with Crippen LogP contribution in [-0.4, -0.2) is 15.8 Å². The van der Waals surface area contributed by atoms with Gasteiger partial charge in [-0.25, -0.2) is 4.39 Å². The Hall–Kier alpha value is -0.810. The molecule has 5 heteroatoms. The molecule has 1 aromatic rings. The molecule has 84 valence electrons. The zero-order chi connectivity index (χ0) is 11.8. The van der Waals surface area contributed by atoms with Gasteiger partial charge < -0.3 is 15.9 Å². The van der Waals surface area contributed by atoms with Crippen LogP contribution < -0.4 is 5.73 Å². The van der Waals surface area contributed by atoms with Crippen LogP contribution in [0.1, 0.15) is 19.4 Å². The lowest BCUT2D eigenvalue weighted by molar-refractivity contribution is 0.370. The second-order valence-corrected chi connectivity index (χ2v) is 5.04. The van der Waals surface area contributed by atoms with E-state index in [9.17, 15) is 14.6 Å². The minimum atomic E-state index is -0.863. The number of benzene rings is 1. The fourth-order valence-electron chi connectivity index (χ4n) is 1.26. The standard InChI is InChI=1S/C10H13BrFNO2/c1-10(2,13)4-5-6(11)3-7(12)9(15)8(5)14/h3,14-15H,4,13H2,1-2H3. The summed E-state index contributed by atoms with van der Waals surface area (Å²) in [5, 5.41) is 18.8. The van der Waals surface area contributed by atoms with Crippen LogP contribution >= 0.6 is 15.9 Å². The minimum absolute atomic E-state index is 0.327. The molecule has 0 radical (unpaired) electrons. The molecule has 0 heterocycles. The third kappa shape index (κ3) is 2.82. The summed E-state index contributed by atoms with van der Waals surface area (Å²) < 4.78 is 13.4. The molecule has 0 spiro atoms. The predicted molar refractivity (Wildman–Crippen MR) is 59.4 cm³/mol. The molecule has 15 heavy (non-hydrogen) atoms. The summed E-state index contributed by atoms with van der Waals surface area (Å²) in [5.74, 6) is -2.06. The maximum Gasteiger partial charge on any atom is 0.194 e. The molecule has 0 saturated heterocycles. The maximum atomic E-state index is 13.0. The van der Waals surface area contributed by atoms with E-state index in [2.05, 4.69) is 15.9 Å². The molecule has 0 unspecified atom stereocenters. The van der Waals surface area contributed by atoms with Gasteiger partial charge in [-0.3, -0.25) is 0 Å². The van der Waals surface area contributed by atoms with Crippen molar-refractivity contribution in [2.75, 3.05) is 0 Å². The van der Waals surface area contributed by atoms with E-state index < -0.39 is 22.9 Å². The Kier molecular flexibility index (Phi) is 3.25. The quantitative estimate of drug-likeness (QED) is 0.727. The Morgan fingerprint density at radius 2 is 1.93 bits per heavy atom. The zero-order valence-electron chi connectivity index (χ0n) is 8.51. The SMILES string of the molecule is CC(C)(N)Cc1c(Br)cc(F)c(O)c1O. The van der Waals surface area contributed by atoms with Gasteiger partial charge in [0.25, 0.3) is 0 Å². The first kappa shape index (κ1) is 12.3. The molecule has 0 bridgehead atoms. The Morgan fingerprint density at radius 1 is 1.40 bits per heavy atom. The fraction of sp³-hybridized carbons (Fsp3) is 0.400. The predicted octanol–water partition coefficient (Wildman–Crippen LogP) is 2.28. The number of aromatic hydroxyl groups is 2. The van der Waals surface area contributed by atoms with Crippen molar-refractivity contribution in [2.24, 2.45) is 5.73 Å². The van der Waals surface area contributed by atoms with Crippen LogP contribution in [-0.2, 0) is 6.42 Å². The van der Waals surface area contributed by atoms with E-state index in [0.29, 0.717) is 16.5 Å². The fourth-order valence-corrected chi connectivity index (χ4v) is 1.79. The Balaban J connectivity index is 3.24. The topological polar surface area (TPSA) is 66.5 Å². The van der Waals surface area contributed by atoms with Crippen molar-refractivity contribution in [3.63, 3.8) is 0 Å². The number of hydrogen-bond acceptors (Lipinski definition) is 3. The lowest BCUT2D eigenvalue weighted by Gasteiger charge is -2.20. The average molecular weight is 278 g/mol. The number of hydrogen-bond donors (Lipinski definition) is 3. The van der Waals surface area contributed by atoms with Crippen molar-refractivity contribution in [1.29, 1.82) is 0 Å². The molecule has 0 amide bonds. The van der Waals surface area contributed by atoms with Gasteiger partial charge in [-0.1, -0.05) is 15.9 Å². The Labute approximate surface area is 95.9 Å². The van der Waals surface area contributed by atoms with Crippen LogP contribution in [0.5, 0.6) is 11.5 Å². The van der Waals surface area contributed by atoms with Crippen LogP contribution in [0, 0.1) is 5.82 Å². The van der Waals surface area contributed by atoms with E-state index in [1.807, 2.05) is 0 Å². The molecular formula is C10H13BrFNO2. The summed E-state index contributed by atoms with van der Waals surface area (Å²) in [7, 11) is 0. The van der Waals surface area contributed by atoms with Crippen LogP contribution in [0.25, 0.3) is 0 Å². The molecular weight excluding hydrogens is 265 g/mol. The zero-order valence-corrected chi connectivity index (χ0v) is 10.1. The highest BCUT2D eigenvalue weighted by molar-refractivity contribution is 9.10. The molecule has 0 aliphatic carbocycles. The van der Waals surface area contributed by atoms with E-state index in [1.165, 1.54) is 0 Å². The largest absolute Gasteiger partial charge is 0.504 e. The number of rotatable bonds is 2. The third-order valence-electron chi connectivity index (χ3n) is 1.91. The normalized spacial score (nSPS) is 11.8. The van der Waals surface area contributed by atoms with Gasteiger partial charge in [0.15, 0.2) is 17.3 Å². The van der Waals surface area contributed by atoms with Gasteiger partial charge in [-0.15, -0.1) is 0 Å². The first-order chi connectivity index (χ1) is 6.72. The Morgan fingerprint density at radius 3 is 2.40 bits per heavy atom. The number of phenolic OH excluding ortho intramolecular Hbond substituents is 2. The van der Waals surface area contributed by atoms with Gasteiger partial charge in [0.05, 0.1) is 0 Å². The van der Waals surface area contributed by atoms with Crippen molar-refractivity contribution >= 4 is 15.9 Å². The van der Waals surface area contributed by atoms with Crippen LogP contribution in [0.15, 0.2) is 10.5 Å².